The molecule has 4 nitrogen and oxygen atoms in total. The maximum Gasteiger partial charge on any atom is 0.220 e. The summed E-state index contributed by atoms with van der Waals surface area (Å²) in [6, 6.07) is 7.62. The quantitative estimate of drug-likeness (QED) is 0.633. The van der Waals surface area contributed by atoms with Gasteiger partial charge in [-0.1, -0.05) is 30.0 Å². The van der Waals surface area contributed by atoms with Crippen LogP contribution in [0.1, 0.15) is 0 Å². The van der Waals surface area contributed by atoms with Crippen LogP contribution in [-0.4, -0.2) is 20.2 Å². The molecule has 0 spiro atoms. The summed E-state index contributed by atoms with van der Waals surface area (Å²) >= 11 is 6.29. The summed E-state index contributed by atoms with van der Waals surface area (Å²) in [6.45, 7) is 0. The molecule has 1 aromatic carbocycles. The van der Waals surface area contributed by atoms with E-state index in [0.29, 0.717) is 10.0 Å². The number of azo groups is 1. The number of aromatic hydroxyl groups is 1. The van der Waals surface area contributed by atoms with Gasteiger partial charge in [-0.15, -0.1) is 10.2 Å². The lowest BCUT2D eigenvalue weighted by atomic mass is 10.2. The fourth-order valence-corrected chi connectivity index (χ4v) is 1.75. The van der Waals surface area contributed by atoms with Gasteiger partial charge in [0.2, 0.25) is 5.88 Å². The number of para-hydroxylation sites is 1. The average Bonchev–Trinajstić information content (AvgIpc) is 2.60. The van der Waals surface area contributed by atoms with Crippen LogP contribution in [0.2, 0.25) is 0 Å². The molecular formula is C11H11N3OS2. The normalized spacial score (nSPS) is 11.4. The van der Waals surface area contributed by atoms with E-state index in [-0.39, 0.29) is 5.88 Å². The van der Waals surface area contributed by atoms with Crippen LogP contribution in [0.15, 0.2) is 34.5 Å². The molecule has 2 rings (SSSR count). The Labute approximate surface area is 108 Å². The first-order valence-electron chi connectivity index (χ1n) is 4.91. The number of fused-ring (bicyclic) bond motifs is 1. The van der Waals surface area contributed by atoms with Gasteiger partial charge < -0.3 is 9.67 Å². The molecule has 0 saturated carbocycles. The summed E-state index contributed by atoms with van der Waals surface area (Å²) in [5.74, 6) is 0.0962. The standard InChI is InChI=1S/C11H11N3OS2/c1-14-8-6-4-3-5-7(8)9(10(14)15)12-13-11(16)17-2/h3-6,15H,1-2H3. The molecular weight excluding hydrogens is 254 g/mol. The summed E-state index contributed by atoms with van der Waals surface area (Å²) in [5.41, 5.74) is 1.37. The molecule has 17 heavy (non-hydrogen) atoms. The summed E-state index contributed by atoms with van der Waals surface area (Å²) in [4.78, 5) is 0. The molecule has 0 amide bonds. The second kappa shape index (κ2) is 4.85. The Morgan fingerprint density at radius 3 is 2.82 bits per heavy atom. The minimum atomic E-state index is 0.0962. The van der Waals surface area contributed by atoms with Crippen LogP contribution in [0, 0.1) is 0 Å². The monoisotopic (exact) mass is 265 g/mol. The van der Waals surface area contributed by atoms with Crippen molar-refractivity contribution in [2.24, 2.45) is 17.3 Å². The molecule has 0 aliphatic rings. The van der Waals surface area contributed by atoms with Crippen LogP contribution in [-0.2, 0) is 7.05 Å². The lowest BCUT2D eigenvalue weighted by molar-refractivity contribution is 0.436. The van der Waals surface area contributed by atoms with Gasteiger partial charge >= 0.3 is 0 Å². The Balaban J connectivity index is 2.57. The van der Waals surface area contributed by atoms with Gasteiger partial charge in [-0.25, -0.2) is 0 Å². The van der Waals surface area contributed by atoms with Gasteiger partial charge in [0.25, 0.3) is 0 Å². The Kier molecular flexibility index (Phi) is 3.44. The van der Waals surface area contributed by atoms with E-state index in [0.717, 1.165) is 10.9 Å². The maximum absolute atomic E-state index is 9.97. The smallest absolute Gasteiger partial charge is 0.220 e. The lowest BCUT2D eigenvalue weighted by Gasteiger charge is -1.95. The van der Waals surface area contributed by atoms with Crippen molar-refractivity contribution in [3.8, 4) is 5.88 Å². The van der Waals surface area contributed by atoms with Crippen molar-refractivity contribution in [1.29, 1.82) is 0 Å². The van der Waals surface area contributed by atoms with E-state index in [4.69, 9.17) is 12.2 Å². The molecule has 0 atom stereocenters. The van der Waals surface area contributed by atoms with Crippen molar-refractivity contribution in [2.45, 2.75) is 0 Å². The summed E-state index contributed by atoms with van der Waals surface area (Å²) in [7, 11) is 1.78. The first kappa shape index (κ1) is 12.1. The third kappa shape index (κ3) is 2.18. The zero-order valence-electron chi connectivity index (χ0n) is 9.41. The minimum absolute atomic E-state index is 0.0962. The Hall–Kier alpha value is -1.40. The highest BCUT2D eigenvalue weighted by Crippen LogP contribution is 2.37. The van der Waals surface area contributed by atoms with E-state index in [1.165, 1.54) is 11.8 Å². The molecule has 0 unspecified atom stereocenters. The number of thioether (sulfide) groups is 1. The second-order valence-corrected chi connectivity index (χ2v) is 4.86. The van der Waals surface area contributed by atoms with Crippen molar-refractivity contribution in [3.63, 3.8) is 0 Å². The van der Waals surface area contributed by atoms with E-state index in [9.17, 15) is 5.11 Å². The van der Waals surface area contributed by atoms with Gasteiger partial charge in [0.15, 0.2) is 10.0 Å². The summed E-state index contributed by atoms with van der Waals surface area (Å²) < 4.78 is 2.11. The summed E-state index contributed by atoms with van der Waals surface area (Å²) in [5, 5.41) is 18.7. The van der Waals surface area contributed by atoms with Crippen LogP contribution in [0.4, 0.5) is 5.69 Å². The lowest BCUT2D eigenvalue weighted by Crippen LogP contribution is -1.84. The third-order valence-corrected chi connectivity index (χ3v) is 3.47. The molecule has 2 aromatic rings. The van der Waals surface area contributed by atoms with Crippen molar-refractivity contribution in [1.82, 2.24) is 4.57 Å². The SMILES string of the molecule is CSC(=S)N=Nc1c(O)n(C)c2ccccc12. The Morgan fingerprint density at radius 2 is 2.12 bits per heavy atom. The van der Waals surface area contributed by atoms with E-state index in [1.54, 1.807) is 11.6 Å². The van der Waals surface area contributed by atoms with E-state index in [2.05, 4.69) is 10.2 Å². The third-order valence-electron chi connectivity index (χ3n) is 2.46. The molecule has 6 heteroatoms. The topological polar surface area (TPSA) is 49.9 Å². The molecule has 0 fully saturated rings. The number of nitrogens with zero attached hydrogens (tertiary/aromatic N) is 3. The average molecular weight is 265 g/mol. The molecule has 1 aromatic heterocycles. The van der Waals surface area contributed by atoms with Crippen LogP contribution < -0.4 is 0 Å². The van der Waals surface area contributed by atoms with Gasteiger partial charge in [0, 0.05) is 12.4 Å². The zero-order valence-corrected chi connectivity index (χ0v) is 11.0. The van der Waals surface area contributed by atoms with Gasteiger partial charge in [0.1, 0.15) is 0 Å². The van der Waals surface area contributed by atoms with E-state index >= 15 is 0 Å². The number of aromatic nitrogens is 1. The predicted octanol–water partition coefficient (Wildman–Crippen LogP) is 3.62. The predicted molar refractivity (Wildman–Crippen MR) is 75.2 cm³/mol. The van der Waals surface area contributed by atoms with Crippen molar-refractivity contribution in [3.05, 3.63) is 24.3 Å². The largest absolute Gasteiger partial charge is 0.493 e. The second-order valence-electron chi connectivity index (χ2n) is 3.42. The molecule has 0 bridgehead atoms. The fourth-order valence-electron chi connectivity index (χ4n) is 1.59. The van der Waals surface area contributed by atoms with Gasteiger partial charge in [-0.3, -0.25) is 0 Å². The molecule has 0 saturated heterocycles. The number of benzene rings is 1. The zero-order chi connectivity index (χ0) is 12.4. The molecule has 0 aliphatic heterocycles. The number of aryl methyl sites for hydroxylation is 1. The fraction of sp³-hybridized carbons (Fsp3) is 0.182. The number of rotatable bonds is 1. The van der Waals surface area contributed by atoms with Gasteiger partial charge in [-0.05, 0) is 24.5 Å². The molecule has 88 valence electrons. The first-order valence-corrected chi connectivity index (χ1v) is 6.54. The Morgan fingerprint density at radius 1 is 1.41 bits per heavy atom. The van der Waals surface area contributed by atoms with Crippen LogP contribution in [0.3, 0.4) is 0 Å². The van der Waals surface area contributed by atoms with Crippen LogP contribution >= 0.6 is 24.0 Å². The molecule has 0 aliphatic carbocycles. The summed E-state index contributed by atoms with van der Waals surface area (Å²) in [6.07, 6.45) is 1.84. The van der Waals surface area contributed by atoms with Crippen LogP contribution in [0.5, 0.6) is 5.88 Å². The Bertz CT molecular complexity index is 604. The van der Waals surface area contributed by atoms with E-state index in [1.807, 2.05) is 30.5 Å². The van der Waals surface area contributed by atoms with Crippen molar-refractivity contribution >= 4 is 44.9 Å². The highest BCUT2D eigenvalue weighted by molar-refractivity contribution is 8.22. The van der Waals surface area contributed by atoms with Gasteiger partial charge in [-0.2, -0.15) is 0 Å². The molecule has 0 radical (unpaired) electrons. The van der Waals surface area contributed by atoms with Crippen molar-refractivity contribution < 1.29 is 5.11 Å². The number of hydrogen-bond acceptors (Lipinski definition) is 4. The minimum Gasteiger partial charge on any atom is -0.493 e. The number of thiocarbonyl (C=S) groups is 1. The molecule has 1 N–H and O–H groups in total. The molecule has 1 heterocycles. The van der Waals surface area contributed by atoms with E-state index < -0.39 is 0 Å². The van der Waals surface area contributed by atoms with Crippen LogP contribution in [0.25, 0.3) is 10.9 Å². The number of hydrogen-bond donors (Lipinski definition) is 1. The maximum atomic E-state index is 9.97. The first-order chi connectivity index (χ1) is 8.15. The highest BCUT2D eigenvalue weighted by Gasteiger charge is 2.13. The van der Waals surface area contributed by atoms with Crippen molar-refractivity contribution in [2.75, 3.05) is 6.26 Å². The van der Waals surface area contributed by atoms with Gasteiger partial charge in [0.05, 0.1) is 5.52 Å². The highest BCUT2D eigenvalue weighted by atomic mass is 32.2.